The summed E-state index contributed by atoms with van der Waals surface area (Å²) in [5, 5.41) is 3.97. The lowest BCUT2D eigenvalue weighted by Gasteiger charge is -2.23. The van der Waals surface area contributed by atoms with Crippen molar-refractivity contribution in [3.05, 3.63) is 29.5 Å². The maximum atomic E-state index is 11.6. The molecule has 0 N–H and O–H groups in total. The Morgan fingerprint density at radius 2 is 2.22 bits per heavy atom. The summed E-state index contributed by atoms with van der Waals surface area (Å²) < 4.78 is 5.21. The van der Waals surface area contributed by atoms with Crippen molar-refractivity contribution in [2.45, 2.75) is 52.5 Å². The Kier molecular flexibility index (Phi) is 4.41. The summed E-state index contributed by atoms with van der Waals surface area (Å²) in [5.41, 5.74) is 3.49. The van der Waals surface area contributed by atoms with E-state index in [2.05, 4.69) is 10.1 Å². The molecule has 1 amide bonds. The molecule has 0 aromatic carbocycles. The van der Waals surface area contributed by atoms with Crippen LogP contribution in [0.2, 0.25) is 0 Å². The summed E-state index contributed by atoms with van der Waals surface area (Å²) >= 11 is 0. The second-order valence-corrected chi connectivity index (χ2v) is 6.14. The molecule has 1 fully saturated rings. The largest absolute Gasteiger partial charge is 0.361 e. The SMILES string of the molecule is CC(=O)N1CCCC1CCc1cncc(-c2c(C)noc2C)n1. The fourth-order valence-corrected chi connectivity index (χ4v) is 3.36. The summed E-state index contributed by atoms with van der Waals surface area (Å²) in [5.74, 6) is 0.926. The monoisotopic (exact) mass is 314 g/mol. The number of likely N-dealkylation sites (tertiary alicyclic amines) is 1. The Morgan fingerprint density at radius 1 is 1.39 bits per heavy atom. The van der Waals surface area contributed by atoms with Crippen LogP contribution >= 0.6 is 0 Å². The molecule has 0 bridgehead atoms. The van der Waals surface area contributed by atoms with Crippen LogP contribution in [0.5, 0.6) is 0 Å². The molecule has 1 aliphatic rings. The Labute approximate surface area is 135 Å². The van der Waals surface area contributed by atoms with E-state index in [0.29, 0.717) is 6.04 Å². The first-order valence-electron chi connectivity index (χ1n) is 8.07. The van der Waals surface area contributed by atoms with Gasteiger partial charge in [-0.05, 0) is 39.5 Å². The van der Waals surface area contributed by atoms with E-state index in [9.17, 15) is 4.79 Å². The summed E-state index contributed by atoms with van der Waals surface area (Å²) in [6.07, 6.45) is 7.46. The summed E-state index contributed by atoms with van der Waals surface area (Å²) in [4.78, 5) is 22.6. The molecule has 6 heteroatoms. The predicted molar refractivity (Wildman–Crippen MR) is 85.7 cm³/mol. The van der Waals surface area contributed by atoms with Gasteiger partial charge in [0.2, 0.25) is 5.91 Å². The number of hydrogen-bond donors (Lipinski definition) is 0. The van der Waals surface area contributed by atoms with Crippen LogP contribution in [0, 0.1) is 13.8 Å². The number of carbonyl (C=O) groups excluding carboxylic acids is 1. The molecule has 3 rings (SSSR count). The molecule has 23 heavy (non-hydrogen) atoms. The van der Waals surface area contributed by atoms with Gasteiger partial charge in [-0.25, -0.2) is 4.98 Å². The van der Waals surface area contributed by atoms with Gasteiger partial charge in [0, 0.05) is 25.7 Å². The molecule has 6 nitrogen and oxygen atoms in total. The average molecular weight is 314 g/mol. The fraction of sp³-hybridized carbons (Fsp3) is 0.529. The molecular weight excluding hydrogens is 292 g/mol. The molecule has 1 atom stereocenters. The van der Waals surface area contributed by atoms with E-state index in [1.54, 1.807) is 19.3 Å². The standard InChI is InChI=1S/C17H22N4O2/c1-11-17(12(2)23-20-11)16-10-18-9-14(19-16)6-7-15-5-4-8-21(15)13(3)22/h9-10,15H,4-8H2,1-3H3. The van der Waals surface area contributed by atoms with Gasteiger partial charge in [-0.15, -0.1) is 0 Å². The minimum Gasteiger partial charge on any atom is -0.361 e. The Hall–Kier alpha value is -2.24. The van der Waals surface area contributed by atoms with E-state index in [4.69, 9.17) is 9.51 Å². The van der Waals surface area contributed by atoms with Crippen LogP contribution in [0.3, 0.4) is 0 Å². The van der Waals surface area contributed by atoms with Crippen molar-refractivity contribution in [3.63, 3.8) is 0 Å². The third-order valence-corrected chi connectivity index (χ3v) is 4.49. The van der Waals surface area contributed by atoms with Crippen LogP contribution < -0.4 is 0 Å². The molecule has 0 aliphatic carbocycles. The van der Waals surface area contributed by atoms with Gasteiger partial charge in [0.15, 0.2) is 0 Å². The van der Waals surface area contributed by atoms with E-state index >= 15 is 0 Å². The lowest BCUT2D eigenvalue weighted by molar-refractivity contribution is -0.129. The highest BCUT2D eigenvalue weighted by Gasteiger charge is 2.26. The Morgan fingerprint density at radius 3 is 2.91 bits per heavy atom. The fourth-order valence-electron chi connectivity index (χ4n) is 3.36. The first-order chi connectivity index (χ1) is 11.1. The highest BCUT2D eigenvalue weighted by molar-refractivity contribution is 5.73. The van der Waals surface area contributed by atoms with Crippen LogP contribution in [0.15, 0.2) is 16.9 Å². The number of rotatable bonds is 4. The van der Waals surface area contributed by atoms with E-state index in [1.807, 2.05) is 18.7 Å². The number of hydrogen-bond acceptors (Lipinski definition) is 5. The highest BCUT2D eigenvalue weighted by atomic mass is 16.5. The highest BCUT2D eigenvalue weighted by Crippen LogP contribution is 2.25. The third kappa shape index (κ3) is 3.25. The molecule has 2 aromatic rings. The second kappa shape index (κ2) is 6.48. The number of aromatic nitrogens is 3. The third-order valence-electron chi connectivity index (χ3n) is 4.49. The zero-order chi connectivity index (χ0) is 16.4. The van der Waals surface area contributed by atoms with Crippen molar-refractivity contribution in [1.82, 2.24) is 20.0 Å². The minimum atomic E-state index is 0.169. The number of carbonyl (C=O) groups is 1. The van der Waals surface area contributed by atoms with Crippen molar-refractivity contribution in [3.8, 4) is 11.3 Å². The van der Waals surface area contributed by atoms with Crippen molar-refractivity contribution >= 4 is 5.91 Å². The molecular formula is C17H22N4O2. The smallest absolute Gasteiger partial charge is 0.219 e. The van der Waals surface area contributed by atoms with Crippen molar-refractivity contribution < 1.29 is 9.32 Å². The number of aryl methyl sites for hydroxylation is 3. The van der Waals surface area contributed by atoms with Crippen molar-refractivity contribution in [2.75, 3.05) is 6.54 Å². The average Bonchev–Trinajstić information content (AvgIpc) is 3.12. The molecule has 1 aliphatic heterocycles. The zero-order valence-electron chi connectivity index (χ0n) is 13.9. The van der Waals surface area contributed by atoms with Gasteiger partial charge in [-0.1, -0.05) is 5.16 Å². The summed E-state index contributed by atoms with van der Waals surface area (Å²) in [7, 11) is 0. The molecule has 0 spiro atoms. The maximum Gasteiger partial charge on any atom is 0.219 e. The van der Waals surface area contributed by atoms with Gasteiger partial charge in [0.25, 0.3) is 0 Å². The molecule has 1 saturated heterocycles. The molecule has 1 unspecified atom stereocenters. The van der Waals surface area contributed by atoms with Gasteiger partial charge in [-0.2, -0.15) is 0 Å². The minimum absolute atomic E-state index is 0.169. The van der Waals surface area contributed by atoms with Crippen molar-refractivity contribution in [1.29, 1.82) is 0 Å². The Bertz CT molecular complexity index is 691. The van der Waals surface area contributed by atoms with Gasteiger partial charge in [0.05, 0.1) is 28.8 Å². The van der Waals surface area contributed by atoms with Gasteiger partial charge in [0.1, 0.15) is 5.76 Å². The molecule has 2 aromatic heterocycles. The molecule has 122 valence electrons. The first kappa shape index (κ1) is 15.6. The predicted octanol–water partition coefficient (Wildman–Crippen LogP) is 2.69. The normalized spacial score (nSPS) is 17.7. The van der Waals surface area contributed by atoms with E-state index < -0.39 is 0 Å². The first-order valence-corrected chi connectivity index (χ1v) is 8.07. The van der Waals surface area contributed by atoms with Crippen molar-refractivity contribution in [2.24, 2.45) is 0 Å². The number of amides is 1. The van der Waals surface area contributed by atoms with Gasteiger partial charge in [-0.3, -0.25) is 9.78 Å². The van der Waals surface area contributed by atoms with E-state index in [-0.39, 0.29) is 5.91 Å². The molecule has 3 heterocycles. The van der Waals surface area contributed by atoms with Crippen LogP contribution in [0.1, 0.15) is 43.3 Å². The van der Waals surface area contributed by atoms with E-state index in [1.165, 1.54) is 0 Å². The lowest BCUT2D eigenvalue weighted by atomic mass is 10.1. The van der Waals surface area contributed by atoms with Gasteiger partial charge < -0.3 is 9.42 Å². The van der Waals surface area contributed by atoms with E-state index in [0.717, 1.165) is 60.6 Å². The quantitative estimate of drug-likeness (QED) is 0.867. The summed E-state index contributed by atoms with van der Waals surface area (Å²) in [6, 6.07) is 0.331. The Balaban J connectivity index is 1.72. The topological polar surface area (TPSA) is 72.1 Å². The maximum absolute atomic E-state index is 11.6. The second-order valence-electron chi connectivity index (χ2n) is 6.14. The lowest BCUT2D eigenvalue weighted by Crippen LogP contribution is -2.33. The molecule has 0 radical (unpaired) electrons. The van der Waals surface area contributed by atoms with Gasteiger partial charge >= 0.3 is 0 Å². The van der Waals surface area contributed by atoms with Crippen LogP contribution in [-0.2, 0) is 11.2 Å². The van der Waals surface area contributed by atoms with Crippen LogP contribution in [0.25, 0.3) is 11.3 Å². The van der Waals surface area contributed by atoms with Crippen LogP contribution in [-0.4, -0.2) is 38.5 Å². The van der Waals surface area contributed by atoms with Crippen LogP contribution in [0.4, 0.5) is 0 Å². The molecule has 0 saturated carbocycles. The zero-order valence-corrected chi connectivity index (χ0v) is 13.9. The summed E-state index contributed by atoms with van der Waals surface area (Å²) in [6.45, 7) is 6.32. The number of nitrogens with zero attached hydrogens (tertiary/aromatic N) is 4.